The molecule has 0 radical (unpaired) electrons. The Morgan fingerprint density at radius 2 is 0.814 bits per heavy atom. The summed E-state index contributed by atoms with van der Waals surface area (Å²) in [5.74, 6) is 10.2. The van der Waals surface area contributed by atoms with Crippen molar-refractivity contribution in [1.82, 2.24) is 0 Å². The van der Waals surface area contributed by atoms with E-state index >= 15 is 0 Å². The van der Waals surface area contributed by atoms with E-state index in [1.165, 1.54) is 148 Å². The van der Waals surface area contributed by atoms with Crippen LogP contribution in [0.3, 0.4) is 0 Å². The highest BCUT2D eigenvalue weighted by molar-refractivity contribution is 5.66. The topological polar surface area (TPSA) is 74.6 Å². The summed E-state index contributed by atoms with van der Waals surface area (Å²) in [6.45, 7) is 6.01. The number of rotatable bonds is 30. The number of unbranched alkanes of at least 4 members (excludes halogenated alkanes) is 25. The number of allylic oxidation sites excluding steroid dienone is 1. The Morgan fingerprint density at radius 1 is 0.488 bits per heavy atom. The van der Waals surface area contributed by atoms with Crippen LogP contribution in [0.1, 0.15) is 200 Å². The van der Waals surface area contributed by atoms with E-state index in [0.29, 0.717) is 19.3 Å². The van der Waals surface area contributed by atoms with Crippen molar-refractivity contribution >= 4 is 11.9 Å². The first-order chi connectivity index (χ1) is 21.0. The standard InChI is InChI=1S/C20H32O2.C19H36O2/c1-2-3-4-5-6-7-8-9-10-11-12-13-14-15-16-17-18-19-20(21)22;1-2-3-4-5-6-7-8-9-10-11-12-13-14-15-16-17-18-19(20)21/h2-12,17-19H2,1H3,(H,21,22);2H,1,3-18H2,(H,20,21). The summed E-state index contributed by atoms with van der Waals surface area (Å²) in [6.07, 6.45) is 37.5. The maximum Gasteiger partial charge on any atom is 0.303 e. The Kier molecular flexibility index (Phi) is 39.7. The lowest BCUT2D eigenvalue weighted by molar-refractivity contribution is -0.138. The zero-order valence-corrected chi connectivity index (χ0v) is 28.2. The van der Waals surface area contributed by atoms with E-state index in [-0.39, 0.29) is 6.42 Å². The normalized spacial score (nSPS) is 10.1. The molecule has 0 saturated heterocycles. The van der Waals surface area contributed by atoms with E-state index in [1.807, 2.05) is 6.08 Å². The lowest BCUT2D eigenvalue weighted by Gasteiger charge is -2.03. The van der Waals surface area contributed by atoms with Crippen LogP contribution in [0, 0.1) is 23.7 Å². The molecule has 0 atom stereocenters. The van der Waals surface area contributed by atoms with E-state index in [1.54, 1.807) is 0 Å². The smallest absolute Gasteiger partial charge is 0.303 e. The summed E-state index contributed by atoms with van der Waals surface area (Å²) in [6, 6.07) is 0. The van der Waals surface area contributed by atoms with Gasteiger partial charge in [-0.25, -0.2) is 0 Å². The van der Waals surface area contributed by atoms with Crippen LogP contribution in [0.2, 0.25) is 0 Å². The second-order valence-corrected chi connectivity index (χ2v) is 12.0. The Hall–Kier alpha value is -2.20. The zero-order chi connectivity index (χ0) is 31.9. The van der Waals surface area contributed by atoms with Crippen molar-refractivity contribution in [2.45, 2.75) is 200 Å². The van der Waals surface area contributed by atoms with Gasteiger partial charge in [-0.05, 0) is 43.9 Å². The summed E-state index contributed by atoms with van der Waals surface area (Å²) in [7, 11) is 0. The molecule has 0 rings (SSSR count). The van der Waals surface area contributed by atoms with E-state index < -0.39 is 11.9 Å². The fourth-order valence-electron chi connectivity index (χ4n) is 4.93. The molecule has 0 saturated carbocycles. The summed E-state index contributed by atoms with van der Waals surface area (Å²) < 4.78 is 0. The molecule has 0 aliphatic carbocycles. The summed E-state index contributed by atoms with van der Waals surface area (Å²) >= 11 is 0. The van der Waals surface area contributed by atoms with Crippen LogP contribution in [0.25, 0.3) is 0 Å². The molecule has 0 aromatic carbocycles. The molecule has 0 aromatic rings. The van der Waals surface area contributed by atoms with Crippen molar-refractivity contribution in [3.05, 3.63) is 12.7 Å². The molecular weight excluding hydrogens is 532 g/mol. The minimum Gasteiger partial charge on any atom is -0.481 e. The summed E-state index contributed by atoms with van der Waals surface area (Å²) in [5, 5.41) is 17.0. The third-order valence-electron chi connectivity index (χ3n) is 7.64. The molecule has 4 nitrogen and oxygen atoms in total. The van der Waals surface area contributed by atoms with Gasteiger partial charge in [0, 0.05) is 25.7 Å². The van der Waals surface area contributed by atoms with Gasteiger partial charge >= 0.3 is 11.9 Å². The largest absolute Gasteiger partial charge is 0.481 e. The van der Waals surface area contributed by atoms with Crippen molar-refractivity contribution in [2.24, 2.45) is 0 Å². The van der Waals surface area contributed by atoms with Gasteiger partial charge in [0.1, 0.15) is 0 Å². The molecule has 0 bridgehead atoms. The van der Waals surface area contributed by atoms with Crippen LogP contribution < -0.4 is 0 Å². The number of carboxylic acid groups (broad SMARTS) is 2. The molecule has 43 heavy (non-hydrogen) atoms. The minimum atomic E-state index is -0.756. The van der Waals surface area contributed by atoms with Crippen molar-refractivity contribution in [1.29, 1.82) is 0 Å². The number of hydrogen-bond donors (Lipinski definition) is 2. The van der Waals surface area contributed by atoms with Gasteiger partial charge in [-0.2, -0.15) is 0 Å². The average molecular weight is 601 g/mol. The Balaban J connectivity index is 0. The first-order valence-electron chi connectivity index (χ1n) is 18.0. The van der Waals surface area contributed by atoms with Crippen LogP contribution in [0.4, 0.5) is 0 Å². The third kappa shape index (κ3) is 47.0. The van der Waals surface area contributed by atoms with Gasteiger partial charge in [0.15, 0.2) is 0 Å². The van der Waals surface area contributed by atoms with Crippen LogP contribution >= 0.6 is 0 Å². The van der Waals surface area contributed by atoms with E-state index in [0.717, 1.165) is 19.3 Å². The SMILES string of the molecule is C=CCCCCCCCCCCCCCCCCC(=O)O.CCCCCCCCCCCCC#CC#CCCCC(=O)O. The minimum absolute atomic E-state index is 0.195. The molecule has 2 N–H and O–H groups in total. The molecule has 248 valence electrons. The lowest BCUT2D eigenvalue weighted by Crippen LogP contribution is -1.93. The van der Waals surface area contributed by atoms with Gasteiger partial charge in [0.2, 0.25) is 0 Å². The second kappa shape index (κ2) is 39.8. The van der Waals surface area contributed by atoms with Gasteiger partial charge < -0.3 is 10.2 Å². The van der Waals surface area contributed by atoms with Gasteiger partial charge in [0.05, 0.1) is 0 Å². The number of carboxylic acids is 2. The molecule has 0 heterocycles. The maximum absolute atomic E-state index is 10.3. The Bertz CT molecular complexity index is 734. The quantitative estimate of drug-likeness (QED) is 0.0488. The molecule has 0 amide bonds. The van der Waals surface area contributed by atoms with Crippen LogP contribution in [0.15, 0.2) is 12.7 Å². The van der Waals surface area contributed by atoms with Crippen LogP contribution in [0.5, 0.6) is 0 Å². The molecule has 0 aliphatic heterocycles. The molecule has 0 spiro atoms. The lowest BCUT2D eigenvalue weighted by atomic mass is 10.0. The Labute approximate surface area is 267 Å². The number of hydrogen-bond acceptors (Lipinski definition) is 2. The summed E-state index contributed by atoms with van der Waals surface area (Å²) in [4.78, 5) is 20.6. The van der Waals surface area contributed by atoms with E-state index in [2.05, 4.69) is 37.2 Å². The molecule has 0 aliphatic rings. The van der Waals surface area contributed by atoms with Crippen molar-refractivity contribution < 1.29 is 19.8 Å². The first-order valence-corrected chi connectivity index (χ1v) is 18.0. The summed E-state index contributed by atoms with van der Waals surface area (Å²) in [5.41, 5.74) is 0. The molecular formula is C39H68O4. The highest BCUT2D eigenvalue weighted by atomic mass is 16.4. The molecule has 0 fully saturated rings. The monoisotopic (exact) mass is 601 g/mol. The van der Waals surface area contributed by atoms with E-state index in [4.69, 9.17) is 10.2 Å². The van der Waals surface area contributed by atoms with Gasteiger partial charge in [-0.1, -0.05) is 160 Å². The van der Waals surface area contributed by atoms with Crippen LogP contribution in [-0.2, 0) is 9.59 Å². The average Bonchev–Trinajstić information content (AvgIpc) is 2.98. The van der Waals surface area contributed by atoms with Crippen LogP contribution in [-0.4, -0.2) is 22.2 Å². The fourth-order valence-corrected chi connectivity index (χ4v) is 4.93. The third-order valence-corrected chi connectivity index (χ3v) is 7.64. The first kappa shape index (κ1) is 42.9. The zero-order valence-electron chi connectivity index (χ0n) is 28.2. The number of aliphatic carboxylic acids is 2. The molecule has 4 heteroatoms. The van der Waals surface area contributed by atoms with Crippen molar-refractivity contribution in [3.63, 3.8) is 0 Å². The maximum atomic E-state index is 10.3. The predicted molar refractivity (Wildman–Crippen MR) is 185 cm³/mol. The van der Waals surface area contributed by atoms with Gasteiger partial charge in [-0.3, -0.25) is 9.59 Å². The number of carbonyl (C=O) groups is 2. The highest BCUT2D eigenvalue weighted by Crippen LogP contribution is 2.14. The predicted octanol–water partition coefficient (Wildman–Crippen LogP) is 12.1. The highest BCUT2D eigenvalue weighted by Gasteiger charge is 1.97. The van der Waals surface area contributed by atoms with Crippen molar-refractivity contribution in [2.75, 3.05) is 0 Å². The van der Waals surface area contributed by atoms with Gasteiger partial charge in [-0.15, -0.1) is 6.58 Å². The van der Waals surface area contributed by atoms with E-state index in [9.17, 15) is 9.59 Å². The van der Waals surface area contributed by atoms with Crippen molar-refractivity contribution in [3.8, 4) is 23.7 Å². The molecule has 0 aromatic heterocycles. The van der Waals surface area contributed by atoms with Gasteiger partial charge in [0.25, 0.3) is 0 Å². The fraction of sp³-hybridized carbons (Fsp3) is 0.795. The second-order valence-electron chi connectivity index (χ2n) is 12.0. The molecule has 0 unspecified atom stereocenters. The Morgan fingerprint density at radius 3 is 1.21 bits per heavy atom.